The zero-order valence-electron chi connectivity index (χ0n) is 28.3. The largest absolute Gasteiger partial charge is 0.490 e. The summed E-state index contributed by atoms with van der Waals surface area (Å²) in [7, 11) is 0. The highest BCUT2D eigenvalue weighted by molar-refractivity contribution is 5.71. The lowest BCUT2D eigenvalue weighted by Gasteiger charge is -2.38. The van der Waals surface area contributed by atoms with E-state index in [0.29, 0.717) is 18.1 Å². The third-order valence-electron chi connectivity index (χ3n) is 11.1. The molecule has 0 aliphatic heterocycles. The molecule has 1 nitrogen and oxygen atoms in total. The minimum Gasteiger partial charge on any atom is -0.490 e. The van der Waals surface area contributed by atoms with Gasteiger partial charge in [0.2, 0.25) is 5.82 Å². The van der Waals surface area contributed by atoms with Crippen molar-refractivity contribution in [3.05, 3.63) is 77.6 Å². The molecule has 0 aromatic heterocycles. The third kappa shape index (κ3) is 8.98. The Kier molecular flexibility index (Phi) is 13.1. The fraction of sp³-hybridized carbons (Fsp3) is 0.571. The van der Waals surface area contributed by atoms with Crippen LogP contribution in [0.5, 0.6) is 5.75 Å². The Balaban J connectivity index is 1.12. The molecule has 46 heavy (non-hydrogen) atoms. The van der Waals surface area contributed by atoms with Crippen LogP contribution in [-0.2, 0) is 0 Å². The van der Waals surface area contributed by atoms with Gasteiger partial charge in [0.05, 0.1) is 6.61 Å². The van der Waals surface area contributed by atoms with E-state index < -0.39 is 11.6 Å². The van der Waals surface area contributed by atoms with Crippen molar-refractivity contribution < 1.29 is 17.9 Å². The average Bonchev–Trinajstić information content (AvgIpc) is 3.09. The molecule has 0 saturated heterocycles. The van der Waals surface area contributed by atoms with E-state index in [4.69, 9.17) is 4.74 Å². The predicted molar refractivity (Wildman–Crippen MR) is 186 cm³/mol. The molecule has 2 fully saturated rings. The molecule has 4 heteroatoms. The van der Waals surface area contributed by atoms with Crippen LogP contribution in [0.2, 0.25) is 0 Å². The van der Waals surface area contributed by atoms with Gasteiger partial charge in [-0.2, -0.15) is 4.39 Å². The fourth-order valence-electron chi connectivity index (χ4n) is 8.17. The second-order valence-corrected chi connectivity index (χ2v) is 14.2. The third-order valence-corrected chi connectivity index (χ3v) is 11.1. The summed E-state index contributed by atoms with van der Waals surface area (Å²) in [6.07, 6.45) is 21.5. The first-order valence-electron chi connectivity index (χ1n) is 18.5. The van der Waals surface area contributed by atoms with E-state index in [1.54, 1.807) is 24.3 Å². The zero-order valence-corrected chi connectivity index (χ0v) is 28.3. The van der Waals surface area contributed by atoms with Crippen LogP contribution >= 0.6 is 0 Å². The highest BCUT2D eigenvalue weighted by Crippen LogP contribution is 2.45. The number of rotatable bonds is 15. The van der Waals surface area contributed by atoms with E-state index >= 15 is 4.39 Å². The Hall–Kier alpha value is -2.75. The lowest BCUT2D eigenvalue weighted by atomic mass is 9.68. The van der Waals surface area contributed by atoms with Crippen LogP contribution in [-0.4, -0.2) is 6.61 Å². The summed E-state index contributed by atoms with van der Waals surface area (Å²) in [5, 5.41) is 0. The molecule has 2 aliphatic carbocycles. The molecular weight excluding hydrogens is 577 g/mol. The summed E-state index contributed by atoms with van der Waals surface area (Å²) in [6.45, 7) is 4.74. The highest BCUT2D eigenvalue weighted by Gasteiger charge is 2.32. The predicted octanol–water partition coefficient (Wildman–Crippen LogP) is 13.4. The van der Waals surface area contributed by atoms with Crippen LogP contribution in [0.1, 0.15) is 134 Å². The van der Waals surface area contributed by atoms with Crippen molar-refractivity contribution in [2.45, 2.75) is 129 Å². The quantitative estimate of drug-likeness (QED) is 0.152. The molecule has 0 radical (unpaired) electrons. The number of halogens is 3. The van der Waals surface area contributed by atoms with Gasteiger partial charge >= 0.3 is 0 Å². The van der Waals surface area contributed by atoms with Crippen LogP contribution < -0.4 is 4.74 Å². The molecule has 0 amide bonds. The van der Waals surface area contributed by atoms with Crippen molar-refractivity contribution in [3.63, 3.8) is 0 Å². The maximum Gasteiger partial charge on any atom is 0.201 e. The lowest BCUT2D eigenvalue weighted by Crippen LogP contribution is -2.25. The van der Waals surface area contributed by atoms with Gasteiger partial charge in [-0.05, 0) is 109 Å². The Morgan fingerprint density at radius 3 is 1.87 bits per heavy atom. The first-order valence-corrected chi connectivity index (χ1v) is 18.5. The van der Waals surface area contributed by atoms with Crippen molar-refractivity contribution in [2.75, 3.05) is 6.61 Å². The molecule has 0 spiro atoms. The van der Waals surface area contributed by atoms with Gasteiger partial charge in [0, 0.05) is 5.56 Å². The molecule has 2 saturated carbocycles. The fourth-order valence-corrected chi connectivity index (χ4v) is 8.17. The van der Waals surface area contributed by atoms with Crippen molar-refractivity contribution >= 4 is 0 Å². The highest BCUT2D eigenvalue weighted by atomic mass is 19.2. The second kappa shape index (κ2) is 17.4. The smallest absolute Gasteiger partial charge is 0.201 e. The zero-order chi connectivity index (χ0) is 32.3. The van der Waals surface area contributed by atoms with Gasteiger partial charge in [0.15, 0.2) is 11.6 Å². The standard InChI is InChI=1S/C42H55F3O/c1-3-5-7-8-9-11-30-12-14-31(15-13-30)32-16-20-34(21-17-32)37-25-24-36(29-39(37)43)33-18-22-35(23-19-33)38-26-27-40(42(45)41(38)44)46-28-10-6-4-2/h18-19,22-27,29-32,34H,3-17,20-21,28H2,1-2H3. The van der Waals surface area contributed by atoms with E-state index in [-0.39, 0.29) is 17.1 Å². The minimum absolute atomic E-state index is 0.0519. The Morgan fingerprint density at radius 1 is 0.587 bits per heavy atom. The molecule has 2 aliphatic rings. The van der Waals surface area contributed by atoms with E-state index in [0.717, 1.165) is 66.5 Å². The Bertz CT molecular complexity index is 1350. The topological polar surface area (TPSA) is 9.23 Å². The maximum atomic E-state index is 15.5. The molecule has 3 aromatic carbocycles. The lowest BCUT2D eigenvalue weighted by molar-refractivity contribution is 0.155. The van der Waals surface area contributed by atoms with Crippen LogP contribution in [0.4, 0.5) is 13.2 Å². The van der Waals surface area contributed by atoms with E-state index in [1.165, 1.54) is 83.1 Å². The summed E-state index contributed by atoms with van der Waals surface area (Å²) in [6, 6.07) is 15.9. The number of hydrogen-bond donors (Lipinski definition) is 0. The summed E-state index contributed by atoms with van der Waals surface area (Å²) in [5.41, 5.74) is 3.26. The van der Waals surface area contributed by atoms with Gasteiger partial charge in [-0.3, -0.25) is 0 Å². The second-order valence-electron chi connectivity index (χ2n) is 14.2. The van der Waals surface area contributed by atoms with Gasteiger partial charge in [-0.25, -0.2) is 8.78 Å². The first-order chi connectivity index (χ1) is 22.5. The molecule has 0 unspecified atom stereocenters. The SMILES string of the molecule is CCCCCCCC1CCC(C2CCC(c3ccc(-c4ccc(-c5ccc(OCCCCC)c(F)c5F)cc4)cc3F)CC2)CC1. The van der Waals surface area contributed by atoms with E-state index in [2.05, 4.69) is 13.8 Å². The summed E-state index contributed by atoms with van der Waals surface area (Å²) >= 11 is 0. The maximum absolute atomic E-state index is 15.5. The molecule has 250 valence electrons. The normalized spacial score (nSPS) is 21.8. The van der Waals surface area contributed by atoms with Crippen LogP contribution in [0.3, 0.4) is 0 Å². The number of benzene rings is 3. The van der Waals surface area contributed by atoms with Gasteiger partial charge in [-0.1, -0.05) is 114 Å². The molecule has 5 rings (SSSR count). The Labute approximate surface area is 276 Å². The monoisotopic (exact) mass is 632 g/mol. The summed E-state index contributed by atoms with van der Waals surface area (Å²) in [4.78, 5) is 0. The average molecular weight is 633 g/mol. The van der Waals surface area contributed by atoms with Crippen LogP contribution in [0.25, 0.3) is 22.3 Å². The number of hydrogen-bond acceptors (Lipinski definition) is 1. The first kappa shape index (κ1) is 34.6. The van der Waals surface area contributed by atoms with Crippen LogP contribution in [0, 0.1) is 35.2 Å². The van der Waals surface area contributed by atoms with Gasteiger partial charge < -0.3 is 4.74 Å². The van der Waals surface area contributed by atoms with E-state index in [1.807, 2.05) is 24.3 Å². The molecule has 0 bridgehead atoms. The summed E-state index contributed by atoms with van der Waals surface area (Å²) < 4.78 is 50.6. The van der Waals surface area contributed by atoms with Crippen molar-refractivity contribution in [3.8, 4) is 28.0 Å². The molecule has 3 aromatic rings. The van der Waals surface area contributed by atoms with E-state index in [9.17, 15) is 8.78 Å². The molecule has 0 heterocycles. The Morgan fingerprint density at radius 2 is 1.20 bits per heavy atom. The molecular formula is C42H55F3O. The van der Waals surface area contributed by atoms with Crippen molar-refractivity contribution in [1.82, 2.24) is 0 Å². The van der Waals surface area contributed by atoms with Gasteiger partial charge in [0.1, 0.15) is 5.82 Å². The number of ether oxygens (including phenoxy) is 1. The van der Waals surface area contributed by atoms with Crippen LogP contribution in [0.15, 0.2) is 54.6 Å². The summed E-state index contributed by atoms with van der Waals surface area (Å²) in [5.74, 6) is 0.885. The van der Waals surface area contributed by atoms with Crippen molar-refractivity contribution in [1.29, 1.82) is 0 Å². The van der Waals surface area contributed by atoms with Gasteiger partial charge in [-0.15, -0.1) is 0 Å². The van der Waals surface area contributed by atoms with Gasteiger partial charge in [0.25, 0.3) is 0 Å². The molecule has 0 N–H and O–H groups in total. The molecule has 0 atom stereocenters. The number of unbranched alkanes of at least 4 members (excludes halogenated alkanes) is 6. The van der Waals surface area contributed by atoms with Crippen molar-refractivity contribution in [2.24, 2.45) is 17.8 Å². The minimum atomic E-state index is -0.958.